The minimum atomic E-state index is -0.518. The third-order valence-corrected chi connectivity index (χ3v) is 4.64. The summed E-state index contributed by atoms with van der Waals surface area (Å²) in [6, 6.07) is 12.1. The third kappa shape index (κ3) is 4.48. The Kier molecular flexibility index (Phi) is 6.01. The first-order valence-corrected chi connectivity index (χ1v) is 9.15. The number of imide groups is 1. The molecule has 29 heavy (non-hydrogen) atoms. The fourth-order valence-corrected chi connectivity index (χ4v) is 3.03. The SMILES string of the molecule is CCN(CC(=O)NCc1ccc(F)cc1)C(=O)CN1C(=O)c2ccccc2C1=O. The van der Waals surface area contributed by atoms with Crippen molar-refractivity contribution in [3.05, 3.63) is 71.0 Å². The van der Waals surface area contributed by atoms with Crippen LogP contribution in [0.2, 0.25) is 0 Å². The number of amides is 4. The molecule has 150 valence electrons. The molecule has 1 aliphatic heterocycles. The average molecular weight is 397 g/mol. The molecule has 0 aromatic heterocycles. The smallest absolute Gasteiger partial charge is 0.262 e. The van der Waals surface area contributed by atoms with Crippen molar-refractivity contribution < 1.29 is 23.6 Å². The molecule has 0 aliphatic carbocycles. The average Bonchev–Trinajstić information content (AvgIpc) is 2.96. The molecule has 4 amide bonds. The van der Waals surface area contributed by atoms with E-state index in [1.807, 2.05) is 0 Å². The van der Waals surface area contributed by atoms with Gasteiger partial charge < -0.3 is 10.2 Å². The highest BCUT2D eigenvalue weighted by atomic mass is 19.1. The van der Waals surface area contributed by atoms with E-state index in [2.05, 4.69) is 5.32 Å². The van der Waals surface area contributed by atoms with Gasteiger partial charge in [0.05, 0.1) is 17.7 Å². The van der Waals surface area contributed by atoms with E-state index in [-0.39, 0.29) is 36.6 Å². The summed E-state index contributed by atoms with van der Waals surface area (Å²) < 4.78 is 12.9. The van der Waals surface area contributed by atoms with Crippen LogP contribution in [0.3, 0.4) is 0 Å². The normalized spacial score (nSPS) is 12.7. The number of halogens is 1. The number of hydrogen-bond donors (Lipinski definition) is 1. The fraction of sp³-hybridized carbons (Fsp3) is 0.238. The molecule has 0 saturated heterocycles. The van der Waals surface area contributed by atoms with Crippen molar-refractivity contribution in [1.29, 1.82) is 0 Å². The number of nitrogens with one attached hydrogen (secondary N) is 1. The van der Waals surface area contributed by atoms with E-state index in [4.69, 9.17) is 0 Å². The van der Waals surface area contributed by atoms with Gasteiger partial charge in [-0.25, -0.2) is 4.39 Å². The van der Waals surface area contributed by atoms with Crippen LogP contribution in [0.5, 0.6) is 0 Å². The largest absolute Gasteiger partial charge is 0.350 e. The summed E-state index contributed by atoms with van der Waals surface area (Å²) in [5.41, 5.74) is 1.26. The molecule has 2 aromatic carbocycles. The molecule has 0 saturated carbocycles. The van der Waals surface area contributed by atoms with Crippen molar-refractivity contribution in [3.8, 4) is 0 Å². The number of nitrogens with zero attached hydrogens (tertiary/aromatic N) is 2. The minimum Gasteiger partial charge on any atom is -0.350 e. The summed E-state index contributed by atoms with van der Waals surface area (Å²) in [6.07, 6.45) is 0. The Morgan fingerprint density at radius 1 is 1.00 bits per heavy atom. The lowest BCUT2D eigenvalue weighted by Crippen LogP contribution is -2.46. The second-order valence-electron chi connectivity index (χ2n) is 6.55. The van der Waals surface area contributed by atoms with Crippen LogP contribution in [0.15, 0.2) is 48.5 Å². The molecule has 0 unspecified atom stereocenters. The third-order valence-electron chi connectivity index (χ3n) is 4.64. The van der Waals surface area contributed by atoms with Crippen molar-refractivity contribution in [2.45, 2.75) is 13.5 Å². The van der Waals surface area contributed by atoms with Crippen LogP contribution in [0.1, 0.15) is 33.2 Å². The van der Waals surface area contributed by atoms with Gasteiger partial charge in [-0.1, -0.05) is 24.3 Å². The van der Waals surface area contributed by atoms with Crippen LogP contribution in [0.4, 0.5) is 4.39 Å². The van der Waals surface area contributed by atoms with Crippen LogP contribution in [0.25, 0.3) is 0 Å². The summed E-state index contributed by atoms with van der Waals surface area (Å²) in [5, 5.41) is 2.66. The van der Waals surface area contributed by atoms with Gasteiger partial charge in [0.15, 0.2) is 0 Å². The quantitative estimate of drug-likeness (QED) is 0.719. The van der Waals surface area contributed by atoms with E-state index >= 15 is 0 Å². The summed E-state index contributed by atoms with van der Waals surface area (Å²) in [6.45, 7) is 1.51. The van der Waals surface area contributed by atoms with Gasteiger partial charge >= 0.3 is 0 Å². The van der Waals surface area contributed by atoms with E-state index in [1.165, 1.54) is 17.0 Å². The Balaban J connectivity index is 1.56. The molecule has 1 N–H and O–H groups in total. The van der Waals surface area contributed by atoms with E-state index in [9.17, 15) is 23.6 Å². The number of carbonyl (C=O) groups is 4. The van der Waals surface area contributed by atoms with Crippen molar-refractivity contribution in [3.63, 3.8) is 0 Å². The Hall–Kier alpha value is -3.55. The maximum Gasteiger partial charge on any atom is 0.262 e. The van der Waals surface area contributed by atoms with Gasteiger partial charge in [-0.05, 0) is 36.8 Å². The van der Waals surface area contributed by atoms with Crippen molar-refractivity contribution in [2.24, 2.45) is 0 Å². The lowest BCUT2D eigenvalue weighted by molar-refractivity contribution is -0.136. The number of carbonyl (C=O) groups excluding carboxylic acids is 4. The number of fused-ring (bicyclic) bond motifs is 1. The van der Waals surface area contributed by atoms with Crippen molar-refractivity contribution in [1.82, 2.24) is 15.1 Å². The van der Waals surface area contributed by atoms with E-state index in [0.717, 1.165) is 10.5 Å². The van der Waals surface area contributed by atoms with Gasteiger partial charge in [0.2, 0.25) is 11.8 Å². The Bertz CT molecular complexity index is 924. The standard InChI is InChI=1S/C21H20FN3O4/c1-2-24(12-18(26)23-11-14-7-9-15(22)10-8-14)19(27)13-25-20(28)16-5-3-4-6-17(16)21(25)29/h3-10H,2,11-13H2,1H3,(H,23,26). The number of benzene rings is 2. The monoisotopic (exact) mass is 397 g/mol. The molecular formula is C21H20FN3O4. The van der Waals surface area contributed by atoms with Gasteiger partial charge in [0.25, 0.3) is 11.8 Å². The van der Waals surface area contributed by atoms with Crippen LogP contribution in [-0.2, 0) is 16.1 Å². The molecule has 0 spiro atoms. The molecule has 0 radical (unpaired) electrons. The van der Waals surface area contributed by atoms with Crippen LogP contribution in [0, 0.1) is 5.82 Å². The van der Waals surface area contributed by atoms with Gasteiger partial charge in [-0.2, -0.15) is 0 Å². The highest BCUT2D eigenvalue weighted by Gasteiger charge is 2.37. The fourth-order valence-electron chi connectivity index (χ4n) is 3.03. The van der Waals surface area contributed by atoms with Gasteiger partial charge in [0, 0.05) is 13.1 Å². The lowest BCUT2D eigenvalue weighted by atomic mass is 10.1. The number of rotatable bonds is 7. The van der Waals surface area contributed by atoms with E-state index < -0.39 is 30.2 Å². The molecule has 0 atom stereocenters. The highest BCUT2D eigenvalue weighted by Crippen LogP contribution is 2.22. The molecule has 1 aliphatic rings. The zero-order valence-corrected chi connectivity index (χ0v) is 15.9. The highest BCUT2D eigenvalue weighted by molar-refractivity contribution is 6.22. The summed E-state index contributed by atoms with van der Waals surface area (Å²) in [7, 11) is 0. The number of likely N-dealkylation sites (N-methyl/N-ethyl adjacent to an activating group) is 1. The summed E-state index contributed by atoms with van der Waals surface area (Å²) in [5.74, 6) is -2.30. The molecule has 2 aromatic rings. The topological polar surface area (TPSA) is 86.8 Å². The van der Waals surface area contributed by atoms with Crippen molar-refractivity contribution in [2.75, 3.05) is 19.6 Å². The molecule has 0 fully saturated rings. The van der Waals surface area contributed by atoms with Crippen LogP contribution < -0.4 is 5.32 Å². The number of hydrogen-bond acceptors (Lipinski definition) is 4. The Morgan fingerprint density at radius 2 is 1.59 bits per heavy atom. The van der Waals surface area contributed by atoms with Crippen LogP contribution >= 0.6 is 0 Å². The molecule has 7 nitrogen and oxygen atoms in total. The molecule has 8 heteroatoms. The molecule has 0 bridgehead atoms. The van der Waals surface area contributed by atoms with E-state index in [0.29, 0.717) is 0 Å². The maximum absolute atomic E-state index is 12.9. The first-order valence-electron chi connectivity index (χ1n) is 9.15. The van der Waals surface area contributed by atoms with Gasteiger partial charge in [-0.15, -0.1) is 0 Å². The molecule has 1 heterocycles. The first-order chi connectivity index (χ1) is 13.9. The first kappa shape index (κ1) is 20.2. The minimum absolute atomic E-state index is 0.198. The maximum atomic E-state index is 12.9. The second-order valence-corrected chi connectivity index (χ2v) is 6.55. The Labute approximate surface area is 167 Å². The van der Waals surface area contributed by atoms with Crippen LogP contribution in [-0.4, -0.2) is 53.1 Å². The summed E-state index contributed by atoms with van der Waals surface area (Å²) >= 11 is 0. The van der Waals surface area contributed by atoms with Gasteiger partial charge in [-0.3, -0.25) is 24.1 Å². The second kappa shape index (κ2) is 8.64. The predicted octanol–water partition coefficient (Wildman–Crippen LogP) is 1.59. The van der Waals surface area contributed by atoms with Crippen molar-refractivity contribution >= 4 is 23.6 Å². The lowest BCUT2D eigenvalue weighted by Gasteiger charge is -2.23. The predicted molar refractivity (Wildman–Crippen MR) is 102 cm³/mol. The van der Waals surface area contributed by atoms with E-state index in [1.54, 1.807) is 43.3 Å². The zero-order valence-electron chi connectivity index (χ0n) is 15.9. The zero-order chi connectivity index (χ0) is 21.0. The Morgan fingerprint density at radius 3 is 2.14 bits per heavy atom. The van der Waals surface area contributed by atoms with Gasteiger partial charge in [0.1, 0.15) is 12.4 Å². The molecule has 3 rings (SSSR count). The molecular weight excluding hydrogens is 377 g/mol. The summed E-state index contributed by atoms with van der Waals surface area (Å²) in [4.78, 5) is 51.7.